The minimum absolute atomic E-state index is 0.225. The molecule has 0 aliphatic rings. The Balaban J connectivity index is 1.88. The first-order valence-corrected chi connectivity index (χ1v) is 6.44. The van der Waals surface area contributed by atoms with Crippen molar-refractivity contribution in [3.8, 4) is 0 Å². The van der Waals surface area contributed by atoms with Gasteiger partial charge < -0.3 is 5.32 Å². The van der Waals surface area contributed by atoms with E-state index in [0.717, 1.165) is 28.1 Å². The van der Waals surface area contributed by atoms with Crippen LogP contribution in [0.25, 0.3) is 10.9 Å². The molecule has 0 bridgehead atoms. The third kappa shape index (κ3) is 2.59. The summed E-state index contributed by atoms with van der Waals surface area (Å²) in [5.74, 6) is 1.31. The molecule has 0 aliphatic heterocycles. The van der Waals surface area contributed by atoms with Crippen molar-refractivity contribution in [3.63, 3.8) is 0 Å². The summed E-state index contributed by atoms with van der Waals surface area (Å²) in [6.45, 7) is 2.47. The molecule has 1 aromatic heterocycles. The fourth-order valence-electron chi connectivity index (χ4n) is 2.12. The maximum atomic E-state index is 12.9. The van der Waals surface area contributed by atoms with Crippen LogP contribution in [0.4, 0.5) is 10.2 Å². The van der Waals surface area contributed by atoms with Crippen molar-refractivity contribution < 1.29 is 4.39 Å². The first-order chi connectivity index (χ1) is 9.72. The van der Waals surface area contributed by atoms with Crippen LogP contribution in [0.3, 0.4) is 0 Å². The molecule has 0 fully saturated rings. The summed E-state index contributed by atoms with van der Waals surface area (Å²) in [5.41, 5.74) is 1.92. The van der Waals surface area contributed by atoms with Crippen LogP contribution >= 0.6 is 0 Å². The third-order valence-corrected chi connectivity index (χ3v) is 3.09. The molecule has 0 unspecified atom stereocenters. The zero-order valence-electron chi connectivity index (χ0n) is 11.1. The second-order valence-corrected chi connectivity index (χ2v) is 4.62. The minimum Gasteiger partial charge on any atom is -0.365 e. The lowest BCUT2D eigenvalue weighted by Crippen LogP contribution is -2.04. The van der Waals surface area contributed by atoms with Gasteiger partial charge in [0.1, 0.15) is 17.5 Å². The van der Waals surface area contributed by atoms with E-state index in [1.807, 2.05) is 31.2 Å². The Morgan fingerprint density at radius 3 is 2.55 bits per heavy atom. The van der Waals surface area contributed by atoms with Gasteiger partial charge in [-0.25, -0.2) is 14.4 Å². The van der Waals surface area contributed by atoms with Gasteiger partial charge in [0.25, 0.3) is 0 Å². The van der Waals surface area contributed by atoms with Gasteiger partial charge in [-0.15, -0.1) is 0 Å². The molecule has 20 heavy (non-hydrogen) atoms. The molecule has 3 rings (SSSR count). The van der Waals surface area contributed by atoms with Crippen LogP contribution in [-0.4, -0.2) is 9.97 Å². The lowest BCUT2D eigenvalue weighted by molar-refractivity contribution is 0.627. The molecule has 3 nitrogen and oxygen atoms in total. The SMILES string of the molecule is Cc1nc(NCc2ccc(F)cc2)c2ccccc2n1. The predicted molar refractivity (Wildman–Crippen MR) is 78.0 cm³/mol. The highest BCUT2D eigenvalue weighted by Crippen LogP contribution is 2.20. The van der Waals surface area contributed by atoms with E-state index in [4.69, 9.17) is 0 Å². The van der Waals surface area contributed by atoms with Gasteiger partial charge in [-0.3, -0.25) is 0 Å². The Bertz CT molecular complexity index is 738. The summed E-state index contributed by atoms with van der Waals surface area (Å²) in [6.07, 6.45) is 0. The van der Waals surface area contributed by atoms with Crippen LogP contribution in [-0.2, 0) is 6.54 Å². The van der Waals surface area contributed by atoms with Crippen molar-refractivity contribution in [2.45, 2.75) is 13.5 Å². The quantitative estimate of drug-likeness (QED) is 0.786. The average Bonchev–Trinajstić information content (AvgIpc) is 2.46. The molecule has 1 N–H and O–H groups in total. The second kappa shape index (κ2) is 5.25. The van der Waals surface area contributed by atoms with E-state index in [0.29, 0.717) is 6.54 Å². The van der Waals surface area contributed by atoms with Gasteiger partial charge >= 0.3 is 0 Å². The Morgan fingerprint density at radius 2 is 1.75 bits per heavy atom. The second-order valence-electron chi connectivity index (χ2n) is 4.62. The maximum absolute atomic E-state index is 12.9. The summed E-state index contributed by atoms with van der Waals surface area (Å²) >= 11 is 0. The number of benzene rings is 2. The van der Waals surface area contributed by atoms with Gasteiger partial charge in [0.15, 0.2) is 0 Å². The highest BCUT2D eigenvalue weighted by Gasteiger charge is 2.04. The molecule has 0 spiro atoms. The molecule has 4 heteroatoms. The van der Waals surface area contributed by atoms with Crippen molar-refractivity contribution in [2.75, 3.05) is 5.32 Å². The van der Waals surface area contributed by atoms with Crippen molar-refractivity contribution >= 4 is 16.7 Å². The van der Waals surface area contributed by atoms with Crippen LogP contribution < -0.4 is 5.32 Å². The number of hydrogen-bond acceptors (Lipinski definition) is 3. The van der Waals surface area contributed by atoms with Gasteiger partial charge in [0, 0.05) is 11.9 Å². The predicted octanol–water partition coefficient (Wildman–Crippen LogP) is 3.69. The number of hydrogen-bond donors (Lipinski definition) is 1. The standard InChI is InChI=1S/C16H14FN3/c1-11-19-15-5-3-2-4-14(15)16(20-11)18-10-12-6-8-13(17)9-7-12/h2-9H,10H2,1H3,(H,18,19,20). The molecule has 0 atom stereocenters. The highest BCUT2D eigenvalue weighted by atomic mass is 19.1. The normalized spacial score (nSPS) is 10.7. The number of halogens is 1. The first-order valence-electron chi connectivity index (χ1n) is 6.44. The summed E-state index contributed by atoms with van der Waals surface area (Å²) in [7, 11) is 0. The number of rotatable bonds is 3. The molecule has 0 radical (unpaired) electrons. The van der Waals surface area contributed by atoms with E-state index in [1.54, 1.807) is 12.1 Å². The van der Waals surface area contributed by atoms with Crippen molar-refractivity contribution in [1.29, 1.82) is 0 Å². The highest BCUT2D eigenvalue weighted by molar-refractivity contribution is 5.88. The molecule has 0 saturated carbocycles. The Kier molecular flexibility index (Phi) is 3.29. The summed E-state index contributed by atoms with van der Waals surface area (Å²) in [4.78, 5) is 8.84. The van der Waals surface area contributed by atoms with Gasteiger partial charge in [-0.2, -0.15) is 0 Å². The molecule has 3 aromatic rings. The largest absolute Gasteiger partial charge is 0.365 e. The number of nitrogens with one attached hydrogen (secondary N) is 1. The van der Waals surface area contributed by atoms with Crippen molar-refractivity contribution in [3.05, 3.63) is 65.7 Å². The molecule has 100 valence electrons. The number of aromatic nitrogens is 2. The van der Waals surface area contributed by atoms with E-state index in [2.05, 4.69) is 15.3 Å². The molecular formula is C16H14FN3. The number of aryl methyl sites for hydroxylation is 1. The van der Waals surface area contributed by atoms with Crippen LogP contribution in [0.1, 0.15) is 11.4 Å². The van der Waals surface area contributed by atoms with Crippen molar-refractivity contribution in [2.24, 2.45) is 0 Å². The maximum Gasteiger partial charge on any atom is 0.137 e. The zero-order valence-corrected chi connectivity index (χ0v) is 11.1. The minimum atomic E-state index is -0.225. The van der Waals surface area contributed by atoms with Crippen LogP contribution in [0.15, 0.2) is 48.5 Å². The van der Waals surface area contributed by atoms with E-state index in [1.165, 1.54) is 12.1 Å². The van der Waals surface area contributed by atoms with Crippen LogP contribution in [0.2, 0.25) is 0 Å². The lowest BCUT2D eigenvalue weighted by atomic mass is 10.2. The number of nitrogens with zero attached hydrogens (tertiary/aromatic N) is 2. The topological polar surface area (TPSA) is 37.8 Å². The number of anilines is 1. The Morgan fingerprint density at radius 1 is 1.00 bits per heavy atom. The Hall–Kier alpha value is -2.49. The molecule has 1 heterocycles. The van der Waals surface area contributed by atoms with E-state index < -0.39 is 0 Å². The first kappa shape index (κ1) is 12.5. The number of fused-ring (bicyclic) bond motifs is 1. The van der Waals surface area contributed by atoms with Gasteiger partial charge in [0.05, 0.1) is 5.52 Å². The van der Waals surface area contributed by atoms with Gasteiger partial charge in [0.2, 0.25) is 0 Å². The van der Waals surface area contributed by atoms with E-state index >= 15 is 0 Å². The third-order valence-electron chi connectivity index (χ3n) is 3.09. The summed E-state index contributed by atoms with van der Waals surface area (Å²) in [6, 6.07) is 14.3. The smallest absolute Gasteiger partial charge is 0.137 e. The van der Waals surface area contributed by atoms with Gasteiger partial charge in [-0.1, -0.05) is 24.3 Å². The van der Waals surface area contributed by atoms with Gasteiger partial charge in [-0.05, 0) is 36.8 Å². The van der Waals surface area contributed by atoms with Crippen LogP contribution in [0.5, 0.6) is 0 Å². The monoisotopic (exact) mass is 267 g/mol. The zero-order chi connectivity index (χ0) is 13.9. The number of para-hydroxylation sites is 1. The fourth-order valence-corrected chi connectivity index (χ4v) is 2.12. The molecule has 0 aliphatic carbocycles. The molecule has 0 saturated heterocycles. The van der Waals surface area contributed by atoms with E-state index in [9.17, 15) is 4.39 Å². The Labute approximate surface area is 116 Å². The molecular weight excluding hydrogens is 253 g/mol. The molecule has 0 amide bonds. The lowest BCUT2D eigenvalue weighted by Gasteiger charge is -2.09. The van der Waals surface area contributed by atoms with E-state index in [-0.39, 0.29) is 5.82 Å². The summed E-state index contributed by atoms with van der Waals surface area (Å²) < 4.78 is 12.9. The average molecular weight is 267 g/mol. The summed E-state index contributed by atoms with van der Waals surface area (Å²) in [5, 5.41) is 4.28. The van der Waals surface area contributed by atoms with Crippen molar-refractivity contribution in [1.82, 2.24) is 9.97 Å². The fraction of sp³-hybridized carbons (Fsp3) is 0.125. The van der Waals surface area contributed by atoms with Crippen LogP contribution in [0, 0.1) is 12.7 Å². The molecule has 2 aromatic carbocycles.